The Morgan fingerprint density at radius 3 is 2.67 bits per heavy atom. The maximum atomic E-state index is 12.0. The van der Waals surface area contributed by atoms with Crippen LogP contribution in [0.15, 0.2) is 35.9 Å². The Labute approximate surface area is 122 Å². The first-order chi connectivity index (χ1) is 10.1. The molecule has 4 nitrogen and oxygen atoms in total. The molecule has 1 unspecified atom stereocenters. The number of halogens is 2. The lowest BCUT2D eigenvalue weighted by Crippen LogP contribution is -2.26. The molecular weight excluding hydrogens is 280 g/mol. The number of hydrogen-bond acceptors (Lipinski definition) is 4. The van der Waals surface area contributed by atoms with Gasteiger partial charge in [-0.15, -0.1) is 0 Å². The Morgan fingerprint density at radius 1 is 1.29 bits per heavy atom. The van der Waals surface area contributed by atoms with Gasteiger partial charge in [-0.3, -0.25) is 0 Å². The molecule has 2 N–H and O–H groups in total. The average molecular weight is 299 g/mol. The summed E-state index contributed by atoms with van der Waals surface area (Å²) in [6.45, 7) is -0.397. The van der Waals surface area contributed by atoms with Crippen LogP contribution < -0.4 is 10.1 Å². The Hall–Kier alpha value is -1.50. The minimum Gasteiger partial charge on any atom is -0.435 e. The van der Waals surface area contributed by atoms with Crippen molar-refractivity contribution in [3.8, 4) is 5.75 Å². The van der Waals surface area contributed by atoms with E-state index in [1.165, 1.54) is 17.7 Å². The van der Waals surface area contributed by atoms with Crippen LogP contribution in [0.4, 0.5) is 8.78 Å². The monoisotopic (exact) mass is 299 g/mol. The zero-order valence-corrected chi connectivity index (χ0v) is 11.6. The van der Waals surface area contributed by atoms with Crippen molar-refractivity contribution in [3.05, 3.63) is 41.5 Å². The van der Waals surface area contributed by atoms with E-state index in [-0.39, 0.29) is 5.75 Å². The predicted molar refractivity (Wildman–Crippen MR) is 74.4 cm³/mol. The highest BCUT2D eigenvalue weighted by Gasteiger charge is 2.10. The normalized spacial score (nSPS) is 16.7. The lowest BCUT2D eigenvalue weighted by atomic mass is 10.1. The summed E-state index contributed by atoms with van der Waals surface area (Å²) in [7, 11) is 0. The highest BCUT2D eigenvalue weighted by Crippen LogP contribution is 2.19. The van der Waals surface area contributed by atoms with Gasteiger partial charge in [-0.05, 0) is 29.7 Å². The highest BCUT2D eigenvalue weighted by atomic mass is 19.3. The summed E-state index contributed by atoms with van der Waals surface area (Å²) in [5, 5.41) is 13.2. The van der Waals surface area contributed by atoms with Crippen molar-refractivity contribution < 1.29 is 23.4 Å². The van der Waals surface area contributed by atoms with Gasteiger partial charge in [0.05, 0.1) is 19.3 Å². The van der Waals surface area contributed by atoms with E-state index in [0.29, 0.717) is 25.3 Å². The summed E-state index contributed by atoms with van der Waals surface area (Å²) in [5.74, 6) is 0.0819. The van der Waals surface area contributed by atoms with Crippen molar-refractivity contribution in [1.82, 2.24) is 5.32 Å². The standard InChI is InChI=1S/C15H19F2NO3/c16-15(17)21-13-5-3-12(4-6-13)14(19)9-18-8-11-2-1-7-20-10-11/h2-6,14-15,18-19H,1,7-10H2. The van der Waals surface area contributed by atoms with Gasteiger partial charge in [0.15, 0.2) is 0 Å². The summed E-state index contributed by atoms with van der Waals surface area (Å²) in [4.78, 5) is 0. The molecule has 0 aromatic heterocycles. The molecule has 21 heavy (non-hydrogen) atoms. The Balaban J connectivity index is 1.77. The van der Waals surface area contributed by atoms with Crippen molar-refractivity contribution in [2.75, 3.05) is 26.3 Å². The maximum Gasteiger partial charge on any atom is 0.387 e. The summed E-state index contributed by atoms with van der Waals surface area (Å²) in [5.41, 5.74) is 1.83. The molecule has 0 aliphatic carbocycles. The molecule has 1 heterocycles. The second kappa shape index (κ2) is 8.07. The highest BCUT2D eigenvalue weighted by molar-refractivity contribution is 5.28. The Bertz CT molecular complexity index is 462. The first kappa shape index (κ1) is 15.9. The molecule has 6 heteroatoms. The number of rotatable bonds is 7. The van der Waals surface area contributed by atoms with Crippen LogP contribution >= 0.6 is 0 Å². The molecule has 0 radical (unpaired) electrons. The van der Waals surface area contributed by atoms with Crippen LogP contribution in [-0.2, 0) is 4.74 Å². The summed E-state index contributed by atoms with van der Waals surface area (Å²) < 4.78 is 33.6. The van der Waals surface area contributed by atoms with Gasteiger partial charge in [0, 0.05) is 13.1 Å². The predicted octanol–water partition coefficient (Wildman–Crippen LogP) is 2.26. The third kappa shape index (κ3) is 5.41. The number of aliphatic hydroxyl groups is 1. The van der Waals surface area contributed by atoms with Crippen LogP contribution in [0.1, 0.15) is 18.1 Å². The summed E-state index contributed by atoms with van der Waals surface area (Å²) >= 11 is 0. The second-order valence-electron chi connectivity index (χ2n) is 4.80. The SMILES string of the molecule is OC(CNCC1=CCCOC1)c1ccc(OC(F)F)cc1. The fourth-order valence-electron chi connectivity index (χ4n) is 2.09. The molecule has 0 saturated heterocycles. The van der Waals surface area contributed by atoms with E-state index in [9.17, 15) is 13.9 Å². The lowest BCUT2D eigenvalue weighted by molar-refractivity contribution is -0.0498. The number of hydrogen-bond donors (Lipinski definition) is 2. The molecule has 1 aromatic rings. The van der Waals surface area contributed by atoms with E-state index in [2.05, 4.69) is 16.1 Å². The largest absolute Gasteiger partial charge is 0.435 e. The van der Waals surface area contributed by atoms with Crippen molar-refractivity contribution in [2.45, 2.75) is 19.1 Å². The average Bonchev–Trinajstić information content (AvgIpc) is 2.48. The molecule has 1 atom stereocenters. The fourth-order valence-corrected chi connectivity index (χ4v) is 2.09. The minimum absolute atomic E-state index is 0.0819. The van der Waals surface area contributed by atoms with Gasteiger partial charge in [0.1, 0.15) is 5.75 Å². The molecular formula is C15H19F2NO3. The number of ether oxygens (including phenoxy) is 2. The maximum absolute atomic E-state index is 12.0. The molecule has 1 aliphatic rings. The van der Waals surface area contributed by atoms with Gasteiger partial charge < -0.3 is 19.9 Å². The van der Waals surface area contributed by atoms with Crippen LogP contribution in [-0.4, -0.2) is 38.0 Å². The van der Waals surface area contributed by atoms with Gasteiger partial charge in [-0.1, -0.05) is 18.2 Å². The summed E-state index contributed by atoms with van der Waals surface area (Å²) in [6.07, 6.45) is 2.36. The van der Waals surface area contributed by atoms with Gasteiger partial charge >= 0.3 is 6.61 Å². The third-order valence-corrected chi connectivity index (χ3v) is 3.16. The van der Waals surface area contributed by atoms with Crippen molar-refractivity contribution in [3.63, 3.8) is 0 Å². The molecule has 0 fully saturated rings. The zero-order chi connectivity index (χ0) is 15.1. The molecule has 1 aromatic carbocycles. The van der Waals surface area contributed by atoms with E-state index in [4.69, 9.17) is 4.74 Å². The van der Waals surface area contributed by atoms with Gasteiger partial charge in [0.2, 0.25) is 0 Å². The van der Waals surface area contributed by atoms with Gasteiger partial charge in [0.25, 0.3) is 0 Å². The number of benzene rings is 1. The van der Waals surface area contributed by atoms with Crippen molar-refractivity contribution in [2.24, 2.45) is 0 Å². The van der Waals surface area contributed by atoms with E-state index < -0.39 is 12.7 Å². The Morgan fingerprint density at radius 2 is 2.05 bits per heavy atom. The van der Waals surface area contributed by atoms with E-state index in [0.717, 1.165) is 13.0 Å². The fraction of sp³-hybridized carbons (Fsp3) is 0.467. The number of alkyl halides is 2. The van der Waals surface area contributed by atoms with Crippen molar-refractivity contribution >= 4 is 0 Å². The van der Waals surface area contributed by atoms with Gasteiger partial charge in [-0.2, -0.15) is 8.78 Å². The number of aliphatic hydroxyl groups excluding tert-OH is 1. The second-order valence-corrected chi connectivity index (χ2v) is 4.80. The van der Waals surface area contributed by atoms with E-state index in [1.54, 1.807) is 12.1 Å². The molecule has 116 valence electrons. The smallest absolute Gasteiger partial charge is 0.387 e. The molecule has 0 saturated carbocycles. The zero-order valence-electron chi connectivity index (χ0n) is 11.6. The van der Waals surface area contributed by atoms with Crippen LogP contribution in [0.2, 0.25) is 0 Å². The Kier molecular flexibility index (Phi) is 6.10. The van der Waals surface area contributed by atoms with E-state index in [1.807, 2.05) is 0 Å². The minimum atomic E-state index is -2.84. The summed E-state index contributed by atoms with van der Waals surface area (Å²) in [6, 6.07) is 5.99. The quantitative estimate of drug-likeness (QED) is 0.758. The number of nitrogens with one attached hydrogen (secondary N) is 1. The van der Waals surface area contributed by atoms with Crippen LogP contribution in [0, 0.1) is 0 Å². The topological polar surface area (TPSA) is 50.7 Å². The lowest BCUT2D eigenvalue weighted by Gasteiger charge is -2.16. The van der Waals surface area contributed by atoms with Crippen LogP contribution in [0.5, 0.6) is 5.75 Å². The van der Waals surface area contributed by atoms with Crippen LogP contribution in [0.3, 0.4) is 0 Å². The molecule has 0 bridgehead atoms. The first-order valence-electron chi connectivity index (χ1n) is 6.84. The molecule has 2 rings (SSSR count). The van der Waals surface area contributed by atoms with Gasteiger partial charge in [-0.25, -0.2) is 0 Å². The third-order valence-electron chi connectivity index (χ3n) is 3.16. The first-order valence-corrected chi connectivity index (χ1v) is 6.84. The molecule has 0 amide bonds. The van der Waals surface area contributed by atoms with E-state index >= 15 is 0 Å². The van der Waals surface area contributed by atoms with Crippen LogP contribution in [0.25, 0.3) is 0 Å². The molecule has 1 aliphatic heterocycles. The molecule has 0 spiro atoms. The van der Waals surface area contributed by atoms with Crippen molar-refractivity contribution in [1.29, 1.82) is 0 Å².